The number of amides is 1. The Bertz CT molecular complexity index is 1120. The van der Waals surface area contributed by atoms with Gasteiger partial charge in [-0.05, 0) is 56.4 Å². The van der Waals surface area contributed by atoms with E-state index in [1.165, 1.54) is 6.20 Å². The number of hydrogen-bond acceptors (Lipinski definition) is 4. The number of carbonyl (C=O) groups excluding carboxylic acids is 1. The first-order valence-electron chi connectivity index (χ1n) is 9.90. The van der Waals surface area contributed by atoms with Crippen LogP contribution < -0.4 is 5.32 Å². The Morgan fingerprint density at radius 2 is 1.90 bits per heavy atom. The number of aryl methyl sites for hydroxylation is 1. The van der Waals surface area contributed by atoms with Crippen LogP contribution in [0.25, 0.3) is 11.5 Å². The van der Waals surface area contributed by atoms with E-state index in [1.807, 2.05) is 0 Å². The maximum atomic E-state index is 14.5. The summed E-state index contributed by atoms with van der Waals surface area (Å²) in [6.07, 6.45) is 5.63. The lowest BCUT2D eigenvalue weighted by molar-refractivity contribution is 0.0927. The molecule has 0 spiro atoms. The molecule has 1 N–H and O–H groups in total. The molecule has 2 heterocycles. The molecule has 1 fully saturated rings. The Morgan fingerprint density at radius 1 is 1.13 bits per heavy atom. The van der Waals surface area contributed by atoms with Crippen molar-refractivity contribution in [2.75, 3.05) is 0 Å². The number of carbonyl (C=O) groups is 1. The number of aromatic nitrogens is 2. The molecule has 1 amide bonds. The largest absolute Gasteiger partial charge is 0.439 e. The molecule has 30 heavy (non-hydrogen) atoms. The van der Waals surface area contributed by atoms with Gasteiger partial charge in [-0.25, -0.2) is 9.37 Å². The van der Waals surface area contributed by atoms with Crippen LogP contribution in [0.4, 0.5) is 4.39 Å². The van der Waals surface area contributed by atoms with Crippen molar-refractivity contribution in [3.8, 4) is 11.5 Å². The van der Waals surface area contributed by atoms with Gasteiger partial charge in [-0.15, -0.1) is 0 Å². The number of hydrogen-bond donors (Lipinski definition) is 1. The minimum absolute atomic E-state index is 0.230. The van der Waals surface area contributed by atoms with Gasteiger partial charge in [0.25, 0.3) is 5.91 Å². The molecule has 0 radical (unpaired) electrons. The summed E-state index contributed by atoms with van der Waals surface area (Å²) in [4.78, 5) is 21.4. The van der Waals surface area contributed by atoms with E-state index >= 15 is 0 Å². The van der Waals surface area contributed by atoms with Crippen molar-refractivity contribution < 1.29 is 13.6 Å². The number of oxazole rings is 1. The molecule has 0 aliphatic heterocycles. The van der Waals surface area contributed by atoms with Gasteiger partial charge in [-0.1, -0.05) is 23.2 Å². The van der Waals surface area contributed by atoms with Crippen molar-refractivity contribution in [1.82, 2.24) is 15.3 Å². The Hall–Kier alpha value is -2.44. The first kappa shape index (κ1) is 19.5. The molecular formula is C22H18Cl2FN3O2. The lowest BCUT2D eigenvalue weighted by Gasteiger charge is -2.21. The average molecular weight is 446 g/mol. The van der Waals surface area contributed by atoms with E-state index in [-0.39, 0.29) is 17.8 Å². The molecule has 2 aliphatic carbocycles. The highest BCUT2D eigenvalue weighted by Gasteiger charge is 2.31. The van der Waals surface area contributed by atoms with Gasteiger partial charge in [0.2, 0.25) is 5.89 Å². The normalized spacial score (nSPS) is 18.2. The fraction of sp³-hybridized carbons (Fsp3) is 0.318. The number of nitrogens with one attached hydrogen (secondary N) is 1. The highest BCUT2D eigenvalue weighted by molar-refractivity contribution is 6.35. The van der Waals surface area contributed by atoms with Crippen molar-refractivity contribution in [2.45, 2.75) is 44.1 Å². The minimum Gasteiger partial charge on any atom is -0.439 e. The van der Waals surface area contributed by atoms with Crippen LogP contribution in [0.1, 0.15) is 65.1 Å². The second-order valence-electron chi connectivity index (χ2n) is 7.77. The molecule has 1 unspecified atom stereocenters. The number of rotatable bonds is 4. The quantitative estimate of drug-likeness (QED) is 0.545. The van der Waals surface area contributed by atoms with Crippen LogP contribution in [0.5, 0.6) is 0 Å². The van der Waals surface area contributed by atoms with Gasteiger partial charge >= 0.3 is 0 Å². The zero-order chi connectivity index (χ0) is 20.8. The van der Waals surface area contributed by atoms with Gasteiger partial charge < -0.3 is 9.73 Å². The van der Waals surface area contributed by atoms with Crippen LogP contribution in [0.3, 0.4) is 0 Å². The molecule has 5 rings (SSSR count). The molecule has 2 aliphatic rings. The Kier molecular flexibility index (Phi) is 4.99. The molecule has 5 nitrogen and oxygen atoms in total. The zero-order valence-electron chi connectivity index (χ0n) is 15.9. The molecule has 2 aromatic heterocycles. The smallest absolute Gasteiger partial charge is 0.251 e. The Morgan fingerprint density at radius 3 is 2.63 bits per heavy atom. The van der Waals surface area contributed by atoms with Gasteiger partial charge in [0, 0.05) is 27.2 Å². The SMILES string of the molecule is O=C(NC1CCCc2nc(-c3cc(C4CC4)ncc3F)oc21)c1cc(Cl)cc(Cl)c1. The fourth-order valence-corrected chi connectivity index (χ4v) is 4.35. The maximum Gasteiger partial charge on any atom is 0.251 e. The monoisotopic (exact) mass is 445 g/mol. The van der Waals surface area contributed by atoms with Crippen LogP contribution in [-0.2, 0) is 6.42 Å². The lowest BCUT2D eigenvalue weighted by atomic mass is 9.96. The summed E-state index contributed by atoms with van der Waals surface area (Å²) in [5, 5.41) is 3.74. The van der Waals surface area contributed by atoms with Gasteiger partial charge in [0.15, 0.2) is 5.82 Å². The van der Waals surface area contributed by atoms with Crippen molar-refractivity contribution >= 4 is 29.1 Å². The molecule has 1 atom stereocenters. The van der Waals surface area contributed by atoms with Crippen LogP contribution in [0.2, 0.25) is 10.0 Å². The highest BCUT2D eigenvalue weighted by Crippen LogP contribution is 2.41. The number of benzene rings is 1. The Balaban J connectivity index is 1.43. The molecule has 0 saturated heterocycles. The van der Waals surface area contributed by atoms with E-state index in [1.54, 1.807) is 24.3 Å². The predicted molar refractivity (Wildman–Crippen MR) is 111 cm³/mol. The third kappa shape index (κ3) is 3.82. The zero-order valence-corrected chi connectivity index (χ0v) is 17.4. The molecule has 1 aromatic carbocycles. The van der Waals surface area contributed by atoms with Crippen LogP contribution in [0, 0.1) is 5.82 Å². The highest BCUT2D eigenvalue weighted by atomic mass is 35.5. The van der Waals surface area contributed by atoms with E-state index in [0.717, 1.165) is 37.1 Å². The first-order chi connectivity index (χ1) is 14.5. The second kappa shape index (κ2) is 7.67. The summed E-state index contributed by atoms with van der Waals surface area (Å²) < 4.78 is 20.4. The number of halogens is 3. The van der Waals surface area contributed by atoms with Gasteiger partial charge in [-0.3, -0.25) is 9.78 Å². The lowest BCUT2D eigenvalue weighted by Crippen LogP contribution is -2.30. The van der Waals surface area contributed by atoms with Crippen molar-refractivity contribution in [1.29, 1.82) is 0 Å². The summed E-state index contributed by atoms with van der Waals surface area (Å²) in [7, 11) is 0. The van der Waals surface area contributed by atoms with E-state index in [9.17, 15) is 9.18 Å². The Labute approximate surface area is 182 Å². The van der Waals surface area contributed by atoms with Gasteiger partial charge in [0.1, 0.15) is 5.76 Å². The maximum absolute atomic E-state index is 14.5. The van der Waals surface area contributed by atoms with Crippen LogP contribution >= 0.6 is 23.2 Å². The van der Waals surface area contributed by atoms with Gasteiger partial charge in [-0.2, -0.15) is 0 Å². The van der Waals surface area contributed by atoms with E-state index < -0.39 is 5.82 Å². The predicted octanol–water partition coefficient (Wildman–Crippen LogP) is 5.87. The van der Waals surface area contributed by atoms with Crippen LogP contribution in [-0.4, -0.2) is 15.9 Å². The van der Waals surface area contributed by atoms with E-state index in [4.69, 9.17) is 27.6 Å². The summed E-state index contributed by atoms with van der Waals surface area (Å²) in [5.41, 5.74) is 2.29. The van der Waals surface area contributed by atoms with Gasteiger partial charge in [0.05, 0.1) is 23.5 Å². The van der Waals surface area contributed by atoms with Crippen LogP contribution in [0.15, 0.2) is 34.9 Å². The van der Waals surface area contributed by atoms with Crippen molar-refractivity contribution in [3.05, 3.63) is 69.0 Å². The third-order valence-electron chi connectivity index (χ3n) is 5.48. The molecule has 1 saturated carbocycles. The average Bonchev–Trinajstić information content (AvgIpc) is 3.46. The summed E-state index contributed by atoms with van der Waals surface area (Å²) >= 11 is 12.0. The number of nitrogens with zero attached hydrogens (tertiary/aromatic N) is 2. The molecule has 154 valence electrons. The topological polar surface area (TPSA) is 68.0 Å². The van der Waals surface area contributed by atoms with E-state index in [2.05, 4.69) is 15.3 Å². The molecule has 8 heteroatoms. The second-order valence-corrected chi connectivity index (χ2v) is 8.64. The van der Waals surface area contributed by atoms with Crippen molar-refractivity contribution in [2.24, 2.45) is 0 Å². The number of pyridine rings is 1. The third-order valence-corrected chi connectivity index (χ3v) is 5.92. The standard InChI is InChI=1S/C22H18Cl2FN3O2/c23-13-6-12(7-14(24)8-13)21(29)27-17-2-1-3-18-20(17)30-22(28-18)15-9-19(11-4-5-11)26-10-16(15)25/h6-11,17H,1-5H2,(H,27,29). The molecule has 0 bridgehead atoms. The molecular weight excluding hydrogens is 428 g/mol. The summed E-state index contributed by atoms with van der Waals surface area (Å²) in [5.74, 6) is 0.426. The number of fused-ring (bicyclic) bond motifs is 1. The summed E-state index contributed by atoms with van der Waals surface area (Å²) in [6.45, 7) is 0. The van der Waals surface area contributed by atoms with Crippen molar-refractivity contribution in [3.63, 3.8) is 0 Å². The molecule has 3 aromatic rings. The summed E-state index contributed by atoms with van der Waals surface area (Å²) in [6, 6.07) is 6.06. The fourth-order valence-electron chi connectivity index (χ4n) is 3.82. The first-order valence-corrected chi connectivity index (χ1v) is 10.7. The minimum atomic E-state index is -0.466. The van der Waals surface area contributed by atoms with E-state index in [0.29, 0.717) is 39.3 Å².